The van der Waals surface area contributed by atoms with E-state index in [1.54, 1.807) is 0 Å². The zero-order valence-electron chi connectivity index (χ0n) is 24.8. The number of anilines is 3. The van der Waals surface area contributed by atoms with Gasteiger partial charge in [-0.05, 0) is 52.5 Å². The van der Waals surface area contributed by atoms with Crippen molar-refractivity contribution in [1.82, 2.24) is 9.97 Å². The Morgan fingerprint density at radius 1 is 0.651 bits per heavy atom. The van der Waals surface area contributed by atoms with E-state index < -0.39 is 0 Å². The van der Waals surface area contributed by atoms with Gasteiger partial charge in [0.2, 0.25) is 0 Å². The first-order valence-electron chi connectivity index (χ1n) is 14.3. The van der Waals surface area contributed by atoms with Gasteiger partial charge >= 0.3 is 0 Å². The van der Waals surface area contributed by atoms with Crippen molar-refractivity contribution in [2.75, 3.05) is 4.90 Å². The van der Waals surface area contributed by atoms with Crippen LogP contribution in [0.5, 0.6) is 0 Å². The summed E-state index contributed by atoms with van der Waals surface area (Å²) < 4.78 is 0. The quantitative estimate of drug-likeness (QED) is 0.170. The van der Waals surface area contributed by atoms with Crippen molar-refractivity contribution in [2.45, 2.75) is 33.1 Å². The van der Waals surface area contributed by atoms with Gasteiger partial charge in [0.05, 0.1) is 0 Å². The standard InChI is InChI=1S/C26H21N2.C13H12N.Ir/c1-26(2)21-12-3-5-15-24(21)28(25-16-6-4-13-22(25)26)20-11-9-10-19(18-20)23-14-7-8-17-27-23;1-10-6-7-12(11(2)9-10)13-5-3-4-8-14-13;/h3-9,11-18H,1-2H3;3-6,8-9H,1-2H3;/q2*-1;. The van der Waals surface area contributed by atoms with Gasteiger partial charge in [0.15, 0.2) is 0 Å². The number of aromatic nitrogens is 2. The van der Waals surface area contributed by atoms with E-state index in [9.17, 15) is 0 Å². The summed E-state index contributed by atoms with van der Waals surface area (Å²) in [6.07, 6.45) is 3.63. The van der Waals surface area contributed by atoms with E-state index in [2.05, 4.69) is 121 Å². The molecule has 0 aliphatic carbocycles. The van der Waals surface area contributed by atoms with E-state index in [0.717, 1.165) is 28.2 Å². The molecule has 0 atom stereocenters. The minimum Gasteiger partial charge on any atom is -0.328 e. The summed E-state index contributed by atoms with van der Waals surface area (Å²) in [4.78, 5) is 11.2. The van der Waals surface area contributed by atoms with Crippen LogP contribution >= 0.6 is 0 Å². The van der Waals surface area contributed by atoms with Gasteiger partial charge in [-0.25, -0.2) is 0 Å². The third-order valence-corrected chi connectivity index (χ3v) is 7.82. The first-order valence-corrected chi connectivity index (χ1v) is 14.3. The van der Waals surface area contributed by atoms with Crippen LogP contribution < -0.4 is 4.90 Å². The van der Waals surface area contributed by atoms with E-state index in [0.29, 0.717) is 0 Å². The van der Waals surface area contributed by atoms with Crippen molar-refractivity contribution in [2.24, 2.45) is 0 Å². The van der Waals surface area contributed by atoms with Gasteiger partial charge in [0.1, 0.15) is 0 Å². The number of fused-ring (bicyclic) bond motifs is 2. The van der Waals surface area contributed by atoms with Gasteiger partial charge in [-0.1, -0.05) is 88.4 Å². The Labute approximate surface area is 268 Å². The summed E-state index contributed by atoms with van der Waals surface area (Å²) in [5.41, 5.74) is 12.7. The molecule has 0 unspecified atom stereocenters. The molecule has 0 fully saturated rings. The molecule has 43 heavy (non-hydrogen) atoms. The van der Waals surface area contributed by atoms with Crippen LogP contribution in [0.4, 0.5) is 17.1 Å². The van der Waals surface area contributed by atoms with E-state index in [4.69, 9.17) is 0 Å². The molecular formula is C39H33IrN3-2. The fourth-order valence-electron chi connectivity index (χ4n) is 5.75. The van der Waals surface area contributed by atoms with Crippen molar-refractivity contribution in [3.63, 3.8) is 0 Å². The van der Waals surface area contributed by atoms with E-state index in [-0.39, 0.29) is 25.5 Å². The average Bonchev–Trinajstić information content (AvgIpc) is 3.03. The SMILES string of the molecule is CC1(C)c2ccccc2N(c2cc[c-]c(-c3ccccn3)c2)c2ccccc21.Cc1c[c-]c(-c2ccccn2)c(C)c1.[Ir]. The van der Waals surface area contributed by atoms with E-state index in [1.807, 2.05) is 60.9 Å². The maximum atomic E-state index is 4.50. The second-order valence-corrected chi connectivity index (χ2v) is 11.1. The molecule has 0 spiro atoms. The molecule has 4 heteroatoms. The Balaban J connectivity index is 0.000000208. The first-order chi connectivity index (χ1) is 20.4. The smallest absolute Gasteiger partial charge is 0.0484 e. The Kier molecular flexibility index (Phi) is 9.01. The maximum absolute atomic E-state index is 4.50. The van der Waals surface area contributed by atoms with Gasteiger partial charge < -0.3 is 14.9 Å². The number of nitrogens with zero attached hydrogens (tertiary/aromatic N) is 3. The molecule has 0 bridgehead atoms. The summed E-state index contributed by atoms with van der Waals surface area (Å²) in [5, 5.41) is 0. The van der Waals surface area contributed by atoms with Crippen LogP contribution in [0.3, 0.4) is 0 Å². The van der Waals surface area contributed by atoms with Crippen molar-refractivity contribution in [1.29, 1.82) is 0 Å². The number of para-hydroxylation sites is 2. The largest absolute Gasteiger partial charge is 0.328 e. The first kappa shape index (κ1) is 30.1. The molecule has 3 nitrogen and oxygen atoms in total. The van der Waals surface area contributed by atoms with Gasteiger partial charge in [-0.2, -0.15) is 0 Å². The number of hydrogen-bond acceptors (Lipinski definition) is 3. The number of rotatable bonds is 3. The molecule has 3 heterocycles. The number of hydrogen-bond donors (Lipinski definition) is 0. The molecule has 1 aliphatic heterocycles. The Morgan fingerprint density at radius 3 is 1.81 bits per heavy atom. The average molecular weight is 736 g/mol. The van der Waals surface area contributed by atoms with E-state index >= 15 is 0 Å². The van der Waals surface area contributed by atoms with Crippen LogP contribution in [-0.2, 0) is 25.5 Å². The molecule has 4 aromatic carbocycles. The molecule has 0 saturated carbocycles. The minimum absolute atomic E-state index is 0. The molecule has 0 N–H and O–H groups in total. The number of aryl methyl sites for hydroxylation is 2. The molecule has 2 aromatic heterocycles. The molecule has 0 amide bonds. The monoisotopic (exact) mass is 736 g/mol. The summed E-state index contributed by atoms with van der Waals surface area (Å²) in [5.74, 6) is 0. The van der Waals surface area contributed by atoms with Crippen LogP contribution in [-0.4, -0.2) is 9.97 Å². The van der Waals surface area contributed by atoms with Gasteiger partial charge in [0.25, 0.3) is 0 Å². The Bertz CT molecular complexity index is 1780. The fraction of sp³-hybridized carbons (Fsp3) is 0.128. The maximum Gasteiger partial charge on any atom is 0.0484 e. The number of benzene rings is 4. The molecule has 1 aliphatic rings. The summed E-state index contributed by atoms with van der Waals surface area (Å²) in [6, 6.07) is 46.3. The zero-order chi connectivity index (χ0) is 29.1. The molecule has 0 saturated heterocycles. The molecule has 6 aromatic rings. The normalized spacial score (nSPS) is 12.6. The van der Waals surface area contributed by atoms with Crippen LogP contribution in [0.2, 0.25) is 0 Å². The fourth-order valence-corrected chi connectivity index (χ4v) is 5.75. The number of pyridine rings is 2. The molecule has 1 radical (unpaired) electrons. The van der Waals surface area contributed by atoms with Crippen molar-refractivity contribution in [3.8, 4) is 22.5 Å². The third kappa shape index (κ3) is 6.08. The van der Waals surface area contributed by atoms with Crippen LogP contribution in [0.15, 0.2) is 128 Å². The predicted molar refractivity (Wildman–Crippen MR) is 173 cm³/mol. The van der Waals surface area contributed by atoms with Gasteiger partial charge in [-0.3, -0.25) is 0 Å². The third-order valence-electron chi connectivity index (χ3n) is 7.82. The summed E-state index contributed by atoms with van der Waals surface area (Å²) in [6.45, 7) is 8.78. The van der Waals surface area contributed by atoms with Crippen molar-refractivity contribution < 1.29 is 20.1 Å². The van der Waals surface area contributed by atoms with Crippen LogP contribution in [0.1, 0.15) is 36.1 Å². The second kappa shape index (κ2) is 12.9. The zero-order valence-corrected chi connectivity index (χ0v) is 27.2. The Hall–Kier alpha value is -4.37. The molecule has 215 valence electrons. The summed E-state index contributed by atoms with van der Waals surface area (Å²) in [7, 11) is 0. The summed E-state index contributed by atoms with van der Waals surface area (Å²) >= 11 is 0. The van der Waals surface area contributed by atoms with Gasteiger partial charge in [-0.15, -0.1) is 64.7 Å². The van der Waals surface area contributed by atoms with Crippen molar-refractivity contribution >= 4 is 17.1 Å². The van der Waals surface area contributed by atoms with E-state index in [1.165, 1.54) is 33.6 Å². The molecule has 7 rings (SSSR count). The van der Waals surface area contributed by atoms with Crippen molar-refractivity contribution in [3.05, 3.63) is 162 Å². The Morgan fingerprint density at radius 2 is 1.23 bits per heavy atom. The predicted octanol–water partition coefficient (Wildman–Crippen LogP) is 9.82. The topological polar surface area (TPSA) is 29.0 Å². The van der Waals surface area contributed by atoms with Crippen LogP contribution in [0, 0.1) is 26.0 Å². The van der Waals surface area contributed by atoms with Crippen LogP contribution in [0.25, 0.3) is 22.5 Å². The second-order valence-electron chi connectivity index (χ2n) is 11.1. The molecular weight excluding hydrogens is 703 g/mol. The minimum atomic E-state index is -0.0472. The van der Waals surface area contributed by atoms with Gasteiger partial charge in [0, 0.05) is 49.3 Å².